The normalized spacial score (nSPS) is 22.2. The zero-order chi connectivity index (χ0) is 17.3. The molecule has 0 amide bonds. The van der Waals surface area contributed by atoms with Gasteiger partial charge in [-0.2, -0.15) is 0 Å². The summed E-state index contributed by atoms with van der Waals surface area (Å²) in [7, 11) is 1.97. The lowest BCUT2D eigenvalue weighted by molar-refractivity contribution is 0.0101. The lowest BCUT2D eigenvalue weighted by atomic mass is 9.94. The summed E-state index contributed by atoms with van der Waals surface area (Å²) in [4.78, 5) is 11.4. The van der Waals surface area contributed by atoms with Crippen LogP contribution in [0.3, 0.4) is 0 Å². The van der Waals surface area contributed by atoms with Gasteiger partial charge in [0.15, 0.2) is 5.65 Å². The molecule has 0 saturated carbocycles. The van der Waals surface area contributed by atoms with Crippen LogP contribution in [-0.4, -0.2) is 37.6 Å². The van der Waals surface area contributed by atoms with E-state index in [1.165, 1.54) is 5.56 Å². The number of aliphatic hydroxyl groups is 1. The van der Waals surface area contributed by atoms with E-state index in [4.69, 9.17) is 0 Å². The van der Waals surface area contributed by atoms with Gasteiger partial charge in [-0.15, -0.1) is 0 Å². The molecule has 0 aliphatic carbocycles. The van der Waals surface area contributed by atoms with Crippen molar-refractivity contribution in [2.45, 2.75) is 31.4 Å². The molecule has 0 spiro atoms. The standard InChI is InChI=1S/C20H24N4O/c1-23-17-9-5-12-21-18(17)22-19(23)20(25)10-6-13-24(14-11-20)15-16-7-3-2-4-8-16/h2-5,7-9,12,25H,6,10-11,13-15H2,1H3. The Morgan fingerprint density at radius 3 is 2.72 bits per heavy atom. The molecule has 5 heteroatoms. The van der Waals surface area contributed by atoms with Crippen molar-refractivity contribution < 1.29 is 5.11 Å². The van der Waals surface area contributed by atoms with Crippen LogP contribution in [0.1, 0.15) is 30.7 Å². The van der Waals surface area contributed by atoms with E-state index in [-0.39, 0.29) is 0 Å². The van der Waals surface area contributed by atoms with E-state index in [1.807, 2.05) is 29.8 Å². The fourth-order valence-corrected chi connectivity index (χ4v) is 3.84. The molecule has 0 radical (unpaired) electrons. The molecule has 25 heavy (non-hydrogen) atoms. The number of hydrogen-bond donors (Lipinski definition) is 1. The monoisotopic (exact) mass is 336 g/mol. The zero-order valence-electron chi connectivity index (χ0n) is 14.6. The van der Waals surface area contributed by atoms with Crippen molar-refractivity contribution in [3.05, 3.63) is 60.0 Å². The van der Waals surface area contributed by atoms with E-state index in [1.54, 1.807) is 6.20 Å². The number of aromatic nitrogens is 3. The summed E-state index contributed by atoms with van der Waals surface area (Å²) in [5, 5.41) is 11.4. The summed E-state index contributed by atoms with van der Waals surface area (Å²) >= 11 is 0. The quantitative estimate of drug-likeness (QED) is 0.799. The smallest absolute Gasteiger partial charge is 0.178 e. The second-order valence-corrected chi connectivity index (χ2v) is 6.99. The van der Waals surface area contributed by atoms with Crippen molar-refractivity contribution in [3.63, 3.8) is 0 Å². The summed E-state index contributed by atoms with van der Waals surface area (Å²) in [6.45, 7) is 2.79. The van der Waals surface area contributed by atoms with Gasteiger partial charge in [0.2, 0.25) is 0 Å². The minimum atomic E-state index is -0.888. The topological polar surface area (TPSA) is 54.2 Å². The van der Waals surface area contributed by atoms with Crippen molar-refractivity contribution in [3.8, 4) is 0 Å². The van der Waals surface area contributed by atoms with Crippen molar-refractivity contribution in [1.29, 1.82) is 0 Å². The second kappa shape index (κ2) is 6.58. The molecule has 1 fully saturated rings. The van der Waals surface area contributed by atoms with Crippen LogP contribution in [0.2, 0.25) is 0 Å². The lowest BCUT2D eigenvalue weighted by Crippen LogP contribution is -2.31. The lowest BCUT2D eigenvalue weighted by Gasteiger charge is -2.26. The maximum absolute atomic E-state index is 11.4. The molecule has 1 atom stereocenters. The number of benzene rings is 1. The Bertz CT molecular complexity index is 861. The molecule has 5 nitrogen and oxygen atoms in total. The highest BCUT2D eigenvalue weighted by Gasteiger charge is 2.36. The number of aryl methyl sites for hydroxylation is 1. The van der Waals surface area contributed by atoms with Crippen LogP contribution in [0.15, 0.2) is 48.7 Å². The largest absolute Gasteiger partial charge is 0.382 e. The first-order valence-corrected chi connectivity index (χ1v) is 8.92. The first-order valence-electron chi connectivity index (χ1n) is 8.92. The van der Waals surface area contributed by atoms with Gasteiger partial charge in [0.25, 0.3) is 0 Å². The predicted octanol–water partition coefficient (Wildman–Crippen LogP) is 2.84. The van der Waals surface area contributed by atoms with Gasteiger partial charge in [-0.1, -0.05) is 30.3 Å². The summed E-state index contributed by atoms with van der Waals surface area (Å²) in [5.41, 5.74) is 2.11. The number of nitrogens with zero attached hydrogens (tertiary/aromatic N) is 4. The summed E-state index contributed by atoms with van der Waals surface area (Å²) in [5.74, 6) is 0.739. The zero-order valence-corrected chi connectivity index (χ0v) is 14.6. The highest BCUT2D eigenvalue weighted by Crippen LogP contribution is 2.33. The Morgan fingerprint density at radius 2 is 1.92 bits per heavy atom. The van der Waals surface area contributed by atoms with Crippen LogP contribution in [0.25, 0.3) is 11.2 Å². The van der Waals surface area contributed by atoms with Gasteiger partial charge in [-0.3, -0.25) is 4.90 Å². The van der Waals surface area contributed by atoms with E-state index in [0.717, 1.165) is 43.8 Å². The molecule has 1 aliphatic heterocycles. The predicted molar refractivity (Wildman–Crippen MR) is 98.0 cm³/mol. The maximum Gasteiger partial charge on any atom is 0.178 e. The molecule has 2 aromatic heterocycles. The average Bonchev–Trinajstić information content (AvgIpc) is 2.86. The Labute approximate surface area is 147 Å². The Balaban J connectivity index is 1.55. The van der Waals surface area contributed by atoms with Gasteiger partial charge in [0, 0.05) is 26.3 Å². The van der Waals surface area contributed by atoms with Gasteiger partial charge in [-0.05, 0) is 43.5 Å². The molecule has 0 bridgehead atoms. The molecule has 1 aliphatic rings. The first kappa shape index (κ1) is 16.2. The molecule has 1 aromatic carbocycles. The fraction of sp³-hybridized carbons (Fsp3) is 0.400. The van der Waals surface area contributed by atoms with Crippen molar-refractivity contribution in [2.75, 3.05) is 13.1 Å². The number of imidazole rings is 1. The summed E-state index contributed by atoms with van der Waals surface area (Å²) in [6.07, 6.45) is 4.13. The summed E-state index contributed by atoms with van der Waals surface area (Å²) < 4.78 is 2.00. The molecule has 1 unspecified atom stereocenters. The van der Waals surface area contributed by atoms with Crippen LogP contribution >= 0.6 is 0 Å². The van der Waals surface area contributed by atoms with Gasteiger partial charge < -0.3 is 9.67 Å². The number of hydrogen-bond acceptors (Lipinski definition) is 4. The highest BCUT2D eigenvalue weighted by molar-refractivity contribution is 5.71. The molecular weight excluding hydrogens is 312 g/mol. The number of rotatable bonds is 3. The van der Waals surface area contributed by atoms with E-state index in [0.29, 0.717) is 12.1 Å². The maximum atomic E-state index is 11.4. The SMILES string of the molecule is Cn1c(C2(O)CCCN(Cc3ccccc3)CC2)nc2ncccc21. The van der Waals surface area contributed by atoms with Crippen molar-refractivity contribution >= 4 is 11.2 Å². The van der Waals surface area contributed by atoms with E-state index >= 15 is 0 Å². The Morgan fingerprint density at radius 1 is 1.08 bits per heavy atom. The van der Waals surface area contributed by atoms with Crippen molar-refractivity contribution in [1.82, 2.24) is 19.4 Å². The van der Waals surface area contributed by atoms with Gasteiger partial charge >= 0.3 is 0 Å². The Hall–Kier alpha value is -2.24. The average molecular weight is 336 g/mol. The van der Waals surface area contributed by atoms with E-state index in [2.05, 4.69) is 39.1 Å². The number of likely N-dealkylation sites (tertiary alicyclic amines) is 1. The van der Waals surface area contributed by atoms with Crippen LogP contribution in [0, 0.1) is 0 Å². The van der Waals surface area contributed by atoms with Crippen LogP contribution in [-0.2, 0) is 19.2 Å². The first-order chi connectivity index (χ1) is 12.2. The molecule has 130 valence electrons. The number of pyridine rings is 1. The van der Waals surface area contributed by atoms with Gasteiger partial charge in [0.1, 0.15) is 11.4 Å². The third-order valence-electron chi connectivity index (χ3n) is 5.23. The minimum absolute atomic E-state index is 0.691. The minimum Gasteiger partial charge on any atom is -0.382 e. The van der Waals surface area contributed by atoms with Crippen LogP contribution in [0.4, 0.5) is 0 Å². The molecule has 3 heterocycles. The summed E-state index contributed by atoms with van der Waals surface area (Å²) in [6, 6.07) is 14.4. The third-order valence-corrected chi connectivity index (χ3v) is 5.23. The number of fused-ring (bicyclic) bond motifs is 1. The Kier molecular flexibility index (Phi) is 4.27. The molecule has 1 saturated heterocycles. The molecule has 1 N–H and O–H groups in total. The van der Waals surface area contributed by atoms with Crippen molar-refractivity contribution in [2.24, 2.45) is 7.05 Å². The van der Waals surface area contributed by atoms with Gasteiger partial charge in [-0.25, -0.2) is 9.97 Å². The van der Waals surface area contributed by atoms with Gasteiger partial charge in [0.05, 0.1) is 5.52 Å². The molecule has 4 rings (SSSR count). The second-order valence-electron chi connectivity index (χ2n) is 6.99. The van der Waals surface area contributed by atoms with Crippen LogP contribution < -0.4 is 0 Å². The van der Waals surface area contributed by atoms with Crippen LogP contribution in [0.5, 0.6) is 0 Å². The molecular formula is C20H24N4O. The fourth-order valence-electron chi connectivity index (χ4n) is 3.84. The molecule has 3 aromatic rings. The highest BCUT2D eigenvalue weighted by atomic mass is 16.3. The third kappa shape index (κ3) is 3.17. The van der Waals surface area contributed by atoms with E-state index < -0.39 is 5.60 Å². The van der Waals surface area contributed by atoms with E-state index in [9.17, 15) is 5.11 Å².